The number of hydrogen-bond acceptors (Lipinski definition) is 5. The van der Waals surface area contributed by atoms with Gasteiger partial charge in [-0.1, -0.05) is 18.2 Å². The summed E-state index contributed by atoms with van der Waals surface area (Å²) >= 11 is 0. The van der Waals surface area contributed by atoms with Gasteiger partial charge in [0.2, 0.25) is 5.91 Å². The van der Waals surface area contributed by atoms with Crippen LogP contribution < -0.4 is 15.8 Å². The van der Waals surface area contributed by atoms with Crippen molar-refractivity contribution in [1.29, 1.82) is 0 Å². The van der Waals surface area contributed by atoms with Crippen LogP contribution in [0.4, 0.5) is 4.39 Å². The number of hydrogen-bond donors (Lipinski definition) is 2. The van der Waals surface area contributed by atoms with Crippen LogP contribution in [-0.2, 0) is 16.1 Å². The number of rotatable bonds is 6. The van der Waals surface area contributed by atoms with Crippen molar-refractivity contribution in [3.8, 4) is 5.75 Å². The van der Waals surface area contributed by atoms with Crippen LogP contribution in [-0.4, -0.2) is 30.6 Å². The van der Waals surface area contributed by atoms with Crippen LogP contribution in [0.15, 0.2) is 46.9 Å². The Bertz CT molecular complexity index is 1100. The van der Waals surface area contributed by atoms with E-state index < -0.39 is 17.4 Å². The molecule has 1 aliphatic rings. The summed E-state index contributed by atoms with van der Waals surface area (Å²) in [6, 6.07) is 11.3. The molecule has 0 spiro atoms. The Morgan fingerprint density at radius 2 is 2.00 bits per heavy atom. The van der Waals surface area contributed by atoms with Crippen molar-refractivity contribution in [2.24, 2.45) is 5.73 Å². The molecule has 2 heterocycles. The third-order valence-corrected chi connectivity index (χ3v) is 4.94. The molecule has 150 valence electrons. The summed E-state index contributed by atoms with van der Waals surface area (Å²) < 4.78 is 30.2. The van der Waals surface area contributed by atoms with Crippen LogP contribution in [0, 0.1) is 12.7 Å². The number of nitrogens with one attached hydrogen (secondary N) is 1. The van der Waals surface area contributed by atoms with Crippen LogP contribution in [0.2, 0.25) is 0 Å². The summed E-state index contributed by atoms with van der Waals surface area (Å²) in [5.41, 5.74) is 5.38. The molecule has 4 rings (SSSR count). The molecule has 8 heteroatoms. The Labute approximate surface area is 165 Å². The van der Waals surface area contributed by atoms with E-state index in [1.807, 2.05) is 0 Å². The Morgan fingerprint density at radius 1 is 1.24 bits per heavy atom. The molecule has 3 N–H and O–H groups in total. The number of primary amides is 1. The van der Waals surface area contributed by atoms with E-state index in [0.717, 1.165) is 0 Å². The number of aryl methyl sites for hydroxylation is 1. The molecule has 0 atom stereocenters. The summed E-state index contributed by atoms with van der Waals surface area (Å²) in [4.78, 5) is 24.6. The van der Waals surface area contributed by atoms with Gasteiger partial charge in [-0.25, -0.2) is 4.39 Å². The standard InChI is InChI=1S/C21H19FN2O5/c1-12-18(19(25)24-21(20(23)26)10-27-11-21)15-8-14(6-7-17(15)29-12)28-9-13-4-2-3-5-16(13)22/h2-8H,9-11H2,1H3,(H2,23,26)(H,24,25). The maximum absolute atomic E-state index is 13.8. The van der Waals surface area contributed by atoms with Crippen molar-refractivity contribution < 1.29 is 27.9 Å². The lowest BCUT2D eigenvalue weighted by Crippen LogP contribution is -2.69. The SMILES string of the molecule is Cc1oc2ccc(OCc3ccccc3F)cc2c1C(=O)NC1(C(N)=O)COC1. The highest BCUT2D eigenvalue weighted by Gasteiger charge is 2.46. The lowest BCUT2D eigenvalue weighted by atomic mass is 9.95. The molecule has 7 nitrogen and oxygen atoms in total. The topological polar surface area (TPSA) is 104 Å². The van der Waals surface area contributed by atoms with Crippen LogP contribution in [0.25, 0.3) is 11.0 Å². The largest absolute Gasteiger partial charge is 0.489 e. The summed E-state index contributed by atoms with van der Waals surface area (Å²) in [5.74, 6) is -0.658. The average molecular weight is 398 g/mol. The van der Waals surface area contributed by atoms with Crippen molar-refractivity contribution in [1.82, 2.24) is 5.32 Å². The van der Waals surface area contributed by atoms with E-state index in [4.69, 9.17) is 19.6 Å². The molecule has 0 radical (unpaired) electrons. The molecule has 0 aliphatic carbocycles. The summed E-state index contributed by atoms with van der Waals surface area (Å²) in [7, 11) is 0. The second-order valence-corrected chi connectivity index (χ2v) is 6.96. The Hall–Kier alpha value is -3.39. The van der Waals surface area contributed by atoms with Gasteiger partial charge in [-0.2, -0.15) is 0 Å². The summed E-state index contributed by atoms with van der Waals surface area (Å²) in [6.45, 7) is 1.75. The number of nitrogens with two attached hydrogens (primary N) is 1. The summed E-state index contributed by atoms with van der Waals surface area (Å²) in [6.07, 6.45) is 0. The van der Waals surface area contributed by atoms with Gasteiger partial charge in [0.05, 0.1) is 18.8 Å². The van der Waals surface area contributed by atoms with E-state index in [0.29, 0.717) is 28.0 Å². The van der Waals surface area contributed by atoms with Crippen molar-refractivity contribution in [2.75, 3.05) is 13.2 Å². The van der Waals surface area contributed by atoms with Gasteiger partial charge in [0, 0.05) is 10.9 Å². The van der Waals surface area contributed by atoms with E-state index in [9.17, 15) is 14.0 Å². The van der Waals surface area contributed by atoms with Gasteiger partial charge in [0.1, 0.15) is 29.5 Å². The van der Waals surface area contributed by atoms with Gasteiger partial charge in [-0.15, -0.1) is 0 Å². The van der Waals surface area contributed by atoms with Gasteiger partial charge >= 0.3 is 0 Å². The highest BCUT2D eigenvalue weighted by molar-refractivity contribution is 6.09. The van der Waals surface area contributed by atoms with Crippen LogP contribution >= 0.6 is 0 Å². The van der Waals surface area contributed by atoms with E-state index >= 15 is 0 Å². The maximum Gasteiger partial charge on any atom is 0.256 e. The lowest BCUT2D eigenvalue weighted by molar-refractivity contribution is -0.143. The Kier molecular flexibility index (Phi) is 4.71. The number of carbonyl (C=O) groups is 2. The third-order valence-electron chi connectivity index (χ3n) is 4.94. The minimum absolute atomic E-state index is 0.0277. The van der Waals surface area contributed by atoms with Crippen LogP contribution in [0.5, 0.6) is 5.75 Å². The number of carbonyl (C=O) groups excluding carboxylic acids is 2. The number of fused-ring (bicyclic) bond motifs is 1. The zero-order chi connectivity index (χ0) is 20.6. The lowest BCUT2D eigenvalue weighted by Gasteiger charge is -2.38. The smallest absolute Gasteiger partial charge is 0.256 e. The first kappa shape index (κ1) is 18.9. The molecular formula is C21H19FN2O5. The van der Waals surface area contributed by atoms with E-state index in [1.165, 1.54) is 6.07 Å². The molecule has 0 unspecified atom stereocenters. The second-order valence-electron chi connectivity index (χ2n) is 6.96. The zero-order valence-electron chi connectivity index (χ0n) is 15.7. The maximum atomic E-state index is 13.8. The van der Waals surface area contributed by atoms with E-state index in [-0.39, 0.29) is 31.2 Å². The fraction of sp³-hybridized carbons (Fsp3) is 0.238. The quantitative estimate of drug-likeness (QED) is 0.664. The van der Waals surface area contributed by atoms with Crippen molar-refractivity contribution in [2.45, 2.75) is 19.1 Å². The van der Waals surface area contributed by atoms with Crippen molar-refractivity contribution >= 4 is 22.8 Å². The predicted molar refractivity (Wildman–Crippen MR) is 102 cm³/mol. The molecule has 29 heavy (non-hydrogen) atoms. The minimum Gasteiger partial charge on any atom is -0.489 e. The number of amides is 2. The van der Waals surface area contributed by atoms with Crippen LogP contribution in [0.1, 0.15) is 21.7 Å². The van der Waals surface area contributed by atoms with Crippen LogP contribution in [0.3, 0.4) is 0 Å². The van der Waals surface area contributed by atoms with Crippen molar-refractivity contribution in [3.63, 3.8) is 0 Å². The number of halogens is 1. The molecule has 1 aliphatic heterocycles. The van der Waals surface area contributed by atoms with Gasteiger partial charge in [-0.3, -0.25) is 9.59 Å². The molecule has 0 saturated carbocycles. The first-order valence-electron chi connectivity index (χ1n) is 8.99. The zero-order valence-corrected chi connectivity index (χ0v) is 15.7. The number of ether oxygens (including phenoxy) is 2. The normalized spacial score (nSPS) is 15.0. The van der Waals surface area contributed by atoms with Gasteiger partial charge in [0.15, 0.2) is 5.54 Å². The van der Waals surface area contributed by atoms with Gasteiger partial charge in [0.25, 0.3) is 5.91 Å². The predicted octanol–water partition coefficient (Wildman–Crippen LogP) is 2.44. The molecule has 0 bridgehead atoms. The average Bonchev–Trinajstić information content (AvgIpc) is 2.98. The summed E-state index contributed by atoms with van der Waals surface area (Å²) in [5, 5.41) is 3.18. The monoisotopic (exact) mass is 398 g/mol. The van der Waals surface area contributed by atoms with E-state index in [1.54, 1.807) is 43.3 Å². The fourth-order valence-corrected chi connectivity index (χ4v) is 3.21. The molecule has 2 amide bonds. The molecule has 2 aromatic carbocycles. The highest BCUT2D eigenvalue weighted by Crippen LogP contribution is 2.30. The van der Waals surface area contributed by atoms with Crippen molar-refractivity contribution in [3.05, 3.63) is 65.2 Å². The molecule has 3 aromatic rings. The van der Waals surface area contributed by atoms with Gasteiger partial charge in [-0.05, 0) is 31.2 Å². The second kappa shape index (κ2) is 7.21. The third kappa shape index (κ3) is 3.42. The van der Waals surface area contributed by atoms with Gasteiger partial charge < -0.3 is 24.9 Å². The molecule has 1 fully saturated rings. The first-order valence-corrected chi connectivity index (χ1v) is 8.99. The Balaban J connectivity index is 1.60. The van der Waals surface area contributed by atoms with E-state index in [2.05, 4.69) is 5.32 Å². The molecular weight excluding hydrogens is 379 g/mol. The Morgan fingerprint density at radius 3 is 2.66 bits per heavy atom. The highest BCUT2D eigenvalue weighted by atomic mass is 19.1. The minimum atomic E-state index is -1.22. The number of furan rings is 1. The molecule has 1 aromatic heterocycles. The fourth-order valence-electron chi connectivity index (χ4n) is 3.21. The number of benzene rings is 2. The molecule has 1 saturated heterocycles. The first-order chi connectivity index (χ1) is 13.9.